The minimum Gasteiger partial charge on any atom is -0.485 e. The summed E-state index contributed by atoms with van der Waals surface area (Å²) >= 11 is 0. The number of carbonyl (C=O) groups is 2. The predicted octanol–water partition coefficient (Wildman–Crippen LogP) is 2.70. The minimum absolute atomic E-state index is 0.0808. The van der Waals surface area contributed by atoms with Crippen LogP contribution < -0.4 is 14.9 Å². The van der Waals surface area contributed by atoms with Crippen molar-refractivity contribution in [3.63, 3.8) is 0 Å². The maximum absolute atomic E-state index is 12.7. The average molecular weight is 358 g/mol. The SMILES string of the molecule is O=C1C(=NNC(=O)C2COc3ccccc3O2)c2cccc3cccc1c23. The largest absolute Gasteiger partial charge is 0.485 e. The number of fused-ring (bicyclic) bond motifs is 1. The van der Waals surface area contributed by atoms with Gasteiger partial charge in [0.05, 0.1) is 0 Å². The first kappa shape index (κ1) is 15.6. The third-order valence-corrected chi connectivity index (χ3v) is 4.70. The molecule has 0 bridgehead atoms. The van der Waals surface area contributed by atoms with E-state index in [9.17, 15) is 9.59 Å². The monoisotopic (exact) mass is 358 g/mol. The quantitative estimate of drug-likeness (QED) is 0.715. The van der Waals surface area contributed by atoms with E-state index in [4.69, 9.17) is 9.47 Å². The molecule has 0 radical (unpaired) electrons. The number of nitrogens with one attached hydrogen (secondary N) is 1. The maximum Gasteiger partial charge on any atom is 0.284 e. The molecule has 1 amide bonds. The van der Waals surface area contributed by atoms with Crippen molar-refractivity contribution in [2.75, 3.05) is 6.61 Å². The Morgan fingerprint density at radius 1 is 0.963 bits per heavy atom. The van der Waals surface area contributed by atoms with Gasteiger partial charge in [-0.3, -0.25) is 9.59 Å². The van der Waals surface area contributed by atoms with Gasteiger partial charge in [-0.2, -0.15) is 5.10 Å². The van der Waals surface area contributed by atoms with Gasteiger partial charge in [0.1, 0.15) is 12.3 Å². The zero-order valence-electron chi connectivity index (χ0n) is 14.1. The zero-order valence-corrected chi connectivity index (χ0v) is 14.1. The van der Waals surface area contributed by atoms with Crippen molar-refractivity contribution >= 4 is 28.2 Å². The smallest absolute Gasteiger partial charge is 0.284 e. The number of amides is 1. The molecule has 2 aliphatic rings. The highest BCUT2D eigenvalue weighted by Crippen LogP contribution is 2.32. The first-order chi connectivity index (χ1) is 13.2. The predicted molar refractivity (Wildman–Crippen MR) is 99.3 cm³/mol. The van der Waals surface area contributed by atoms with E-state index in [0.29, 0.717) is 17.1 Å². The number of hydrogen-bond acceptors (Lipinski definition) is 5. The van der Waals surface area contributed by atoms with Crippen LogP contribution in [0.3, 0.4) is 0 Å². The molecule has 1 heterocycles. The minimum atomic E-state index is -0.834. The lowest BCUT2D eigenvalue weighted by atomic mass is 10.1. The second-order valence-electron chi connectivity index (χ2n) is 6.34. The Morgan fingerprint density at radius 2 is 1.70 bits per heavy atom. The lowest BCUT2D eigenvalue weighted by Gasteiger charge is -2.24. The van der Waals surface area contributed by atoms with Gasteiger partial charge in [-0.1, -0.05) is 48.5 Å². The molecule has 1 atom stereocenters. The second kappa shape index (κ2) is 5.95. The lowest BCUT2D eigenvalue weighted by molar-refractivity contribution is -0.130. The molecule has 0 saturated heterocycles. The molecule has 5 rings (SSSR count). The molecule has 0 fully saturated rings. The number of rotatable bonds is 2. The van der Waals surface area contributed by atoms with Gasteiger partial charge in [-0.05, 0) is 17.5 Å². The van der Waals surface area contributed by atoms with E-state index >= 15 is 0 Å². The van der Waals surface area contributed by atoms with E-state index < -0.39 is 12.0 Å². The molecule has 0 saturated carbocycles. The lowest BCUT2D eigenvalue weighted by Crippen LogP contribution is -2.42. The number of Topliss-reactive ketones (excluding diaryl/α,β-unsaturated/α-hetero) is 1. The van der Waals surface area contributed by atoms with Crippen LogP contribution in [-0.4, -0.2) is 30.1 Å². The molecule has 3 aromatic carbocycles. The van der Waals surface area contributed by atoms with Gasteiger partial charge in [-0.25, -0.2) is 5.43 Å². The Bertz CT molecular complexity index is 1130. The fraction of sp³-hybridized carbons (Fsp3) is 0.0952. The van der Waals surface area contributed by atoms with E-state index in [-0.39, 0.29) is 18.1 Å². The standard InChI is InChI=1S/C21H14N2O4/c24-20-14-8-4-6-12-5-3-7-13(18(12)14)19(20)22-23-21(25)17-11-26-15-9-1-2-10-16(15)27-17/h1-10,17H,11H2,(H,23,25). The number of para-hydroxylation sites is 2. The van der Waals surface area contributed by atoms with Crippen molar-refractivity contribution in [1.29, 1.82) is 0 Å². The van der Waals surface area contributed by atoms with E-state index in [1.54, 1.807) is 24.3 Å². The fourth-order valence-corrected chi connectivity index (χ4v) is 3.42. The molecule has 1 N–H and O–H groups in total. The van der Waals surface area contributed by atoms with E-state index in [1.807, 2.05) is 36.4 Å². The van der Waals surface area contributed by atoms with Crippen LogP contribution in [0.25, 0.3) is 10.8 Å². The number of nitrogens with zero attached hydrogens (tertiary/aromatic N) is 1. The van der Waals surface area contributed by atoms with Crippen LogP contribution in [0.15, 0.2) is 65.8 Å². The van der Waals surface area contributed by atoms with E-state index in [2.05, 4.69) is 10.5 Å². The van der Waals surface area contributed by atoms with Gasteiger partial charge in [0, 0.05) is 16.5 Å². The number of hydrazone groups is 1. The zero-order chi connectivity index (χ0) is 18.4. The topological polar surface area (TPSA) is 77.0 Å². The summed E-state index contributed by atoms with van der Waals surface area (Å²) in [6, 6.07) is 18.3. The van der Waals surface area contributed by atoms with Gasteiger partial charge < -0.3 is 9.47 Å². The molecule has 27 heavy (non-hydrogen) atoms. The Labute approximate surface area is 154 Å². The third kappa shape index (κ3) is 2.45. The van der Waals surface area contributed by atoms with Gasteiger partial charge in [0.2, 0.25) is 11.9 Å². The molecular formula is C21H14N2O4. The summed E-state index contributed by atoms with van der Waals surface area (Å²) in [5, 5.41) is 5.94. The maximum atomic E-state index is 12.7. The van der Waals surface area contributed by atoms with Gasteiger partial charge >= 0.3 is 0 Å². The van der Waals surface area contributed by atoms with Crippen molar-refractivity contribution in [2.24, 2.45) is 5.10 Å². The van der Waals surface area contributed by atoms with Crippen molar-refractivity contribution in [3.05, 3.63) is 71.8 Å². The normalized spacial score (nSPS) is 18.7. The Kier molecular flexibility index (Phi) is 3.43. The number of hydrogen-bond donors (Lipinski definition) is 1. The second-order valence-corrected chi connectivity index (χ2v) is 6.34. The molecule has 1 aliphatic heterocycles. The summed E-state index contributed by atoms with van der Waals surface area (Å²) in [5.74, 6) is 0.438. The van der Waals surface area contributed by atoms with Crippen molar-refractivity contribution in [2.45, 2.75) is 6.10 Å². The number of carbonyl (C=O) groups excluding carboxylic acids is 2. The molecular weight excluding hydrogens is 344 g/mol. The van der Waals surface area contributed by atoms with Crippen LogP contribution in [0.1, 0.15) is 15.9 Å². The van der Waals surface area contributed by atoms with Crippen LogP contribution in [0.4, 0.5) is 0 Å². The summed E-state index contributed by atoms with van der Waals surface area (Å²) in [7, 11) is 0. The van der Waals surface area contributed by atoms with E-state index in [1.165, 1.54) is 0 Å². The van der Waals surface area contributed by atoms with Crippen LogP contribution in [0.5, 0.6) is 11.5 Å². The summed E-state index contributed by atoms with van der Waals surface area (Å²) in [6.07, 6.45) is -0.834. The van der Waals surface area contributed by atoms with Crippen molar-refractivity contribution in [3.8, 4) is 11.5 Å². The molecule has 6 nitrogen and oxygen atoms in total. The van der Waals surface area contributed by atoms with Crippen LogP contribution in [0.2, 0.25) is 0 Å². The highest BCUT2D eigenvalue weighted by Gasteiger charge is 2.31. The third-order valence-electron chi connectivity index (χ3n) is 4.70. The molecule has 0 aromatic heterocycles. The van der Waals surface area contributed by atoms with Gasteiger partial charge in [0.25, 0.3) is 5.91 Å². The first-order valence-electron chi connectivity index (χ1n) is 8.55. The molecule has 132 valence electrons. The first-order valence-corrected chi connectivity index (χ1v) is 8.55. The highest BCUT2D eigenvalue weighted by atomic mass is 16.6. The molecule has 1 unspecified atom stereocenters. The van der Waals surface area contributed by atoms with Crippen molar-refractivity contribution in [1.82, 2.24) is 5.43 Å². The Hall–Kier alpha value is -3.67. The summed E-state index contributed by atoms with van der Waals surface area (Å²) in [6.45, 7) is 0.0808. The highest BCUT2D eigenvalue weighted by molar-refractivity contribution is 6.59. The van der Waals surface area contributed by atoms with E-state index in [0.717, 1.165) is 16.3 Å². The molecule has 3 aromatic rings. The Balaban J connectivity index is 1.40. The van der Waals surface area contributed by atoms with Crippen LogP contribution >= 0.6 is 0 Å². The van der Waals surface area contributed by atoms with Gasteiger partial charge in [-0.15, -0.1) is 0 Å². The van der Waals surface area contributed by atoms with Crippen LogP contribution in [-0.2, 0) is 4.79 Å². The average Bonchev–Trinajstić information content (AvgIpc) is 2.99. The fourth-order valence-electron chi connectivity index (χ4n) is 3.42. The molecule has 0 spiro atoms. The summed E-state index contributed by atoms with van der Waals surface area (Å²) < 4.78 is 11.2. The number of ether oxygens (including phenoxy) is 2. The Morgan fingerprint density at radius 3 is 2.52 bits per heavy atom. The van der Waals surface area contributed by atoms with Crippen LogP contribution in [0, 0.1) is 0 Å². The number of ketones is 1. The number of benzene rings is 3. The van der Waals surface area contributed by atoms with Crippen molar-refractivity contribution < 1.29 is 19.1 Å². The molecule has 6 heteroatoms. The molecule has 1 aliphatic carbocycles. The summed E-state index contributed by atoms with van der Waals surface area (Å²) in [5.41, 5.74) is 4.01. The van der Waals surface area contributed by atoms with Gasteiger partial charge in [0.15, 0.2) is 11.5 Å². The summed E-state index contributed by atoms with van der Waals surface area (Å²) in [4.78, 5) is 25.1.